The van der Waals surface area contributed by atoms with Gasteiger partial charge < -0.3 is 10.6 Å². The van der Waals surface area contributed by atoms with Crippen LogP contribution in [0.2, 0.25) is 0 Å². The molecule has 2 heterocycles. The lowest BCUT2D eigenvalue weighted by Crippen LogP contribution is -2.23. The van der Waals surface area contributed by atoms with Crippen LogP contribution in [0, 0.1) is 0 Å². The Labute approximate surface area is 147 Å². The smallest absolute Gasteiger partial charge is 0.253 e. The van der Waals surface area contributed by atoms with Crippen molar-refractivity contribution >= 4 is 17.3 Å². The number of hydrogen-bond donors (Lipinski definition) is 2. The van der Waals surface area contributed by atoms with E-state index in [1.54, 1.807) is 24.7 Å². The van der Waals surface area contributed by atoms with Gasteiger partial charge in [-0.15, -0.1) is 0 Å². The zero-order valence-corrected chi connectivity index (χ0v) is 14.1. The van der Waals surface area contributed by atoms with Crippen LogP contribution < -0.4 is 10.6 Å². The normalized spacial score (nSPS) is 10.3. The highest BCUT2D eigenvalue weighted by atomic mass is 16.1. The van der Waals surface area contributed by atoms with E-state index in [9.17, 15) is 4.79 Å². The molecule has 2 N–H and O–H groups in total. The molecule has 0 aliphatic heterocycles. The fraction of sp³-hybridized carbons (Fsp3) is 0.150. The first-order valence-electron chi connectivity index (χ1n) is 8.24. The number of aromatic nitrogens is 2. The van der Waals surface area contributed by atoms with E-state index in [1.165, 1.54) is 5.56 Å². The van der Waals surface area contributed by atoms with Crippen molar-refractivity contribution in [2.75, 3.05) is 5.32 Å². The molecule has 0 unspecified atom stereocenters. The second-order valence-corrected chi connectivity index (χ2v) is 5.60. The molecule has 0 radical (unpaired) electrons. The maximum atomic E-state index is 12.3. The zero-order valence-electron chi connectivity index (χ0n) is 14.1. The van der Waals surface area contributed by atoms with Crippen LogP contribution in [0.25, 0.3) is 0 Å². The number of carbonyl (C=O) groups excluding carboxylic acids is 1. The number of amides is 1. The lowest BCUT2D eigenvalue weighted by Gasteiger charge is -2.11. The summed E-state index contributed by atoms with van der Waals surface area (Å²) in [5, 5.41) is 6.20. The monoisotopic (exact) mass is 332 g/mol. The summed E-state index contributed by atoms with van der Waals surface area (Å²) in [5.41, 5.74) is 4.35. The number of nitrogens with one attached hydrogen (secondary N) is 2. The van der Waals surface area contributed by atoms with Gasteiger partial charge in [0.05, 0.1) is 29.7 Å². The average Bonchev–Trinajstić information content (AvgIpc) is 2.67. The van der Waals surface area contributed by atoms with Crippen molar-refractivity contribution < 1.29 is 4.79 Å². The SMILES string of the molecule is CCc1ccccc1Nc1cncc(C(=O)NCc2ccccn2)c1. The highest BCUT2D eigenvalue weighted by molar-refractivity contribution is 5.94. The number of carbonyl (C=O) groups is 1. The van der Waals surface area contributed by atoms with Gasteiger partial charge in [-0.25, -0.2) is 0 Å². The summed E-state index contributed by atoms with van der Waals surface area (Å²) in [5.74, 6) is -0.175. The molecule has 25 heavy (non-hydrogen) atoms. The number of nitrogens with zero attached hydrogens (tertiary/aromatic N) is 2. The van der Waals surface area contributed by atoms with Crippen LogP contribution in [0.5, 0.6) is 0 Å². The molecule has 0 aliphatic rings. The first kappa shape index (κ1) is 16.6. The molecule has 3 aromatic rings. The van der Waals surface area contributed by atoms with Crippen LogP contribution in [-0.4, -0.2) is 15.9 Å². The van der Waals surface area contributed by atoms with Crippen LogP contribution in [0.1, 0.15) is 28.5 Å². The lowest BCUT2D eigenvalue weighted by atomic mass is 10.1. The summed E-state index contributed by atoms with van der Waals surface area (Å²) < 4.78 is 0. The Morgan fingerprint density at radius 2 is 1.92 bits per heavy atom. The van der Waals surface area contributed by atoms with Crippen molar-refractivity contribution in [1.82, 2.24) is 15.3 Å². The number of para-hydroxylation sites is 1. The Kier molecular flexibility index (Phi) is 5.36. The maximum Gasteiger partial charge on any atom is 0.253 e. The predicted molar refractivity (Wildman–Crippen MR) is 98.7 cm³/mol. The summed E-state index contributed by atoms with van der Waals surface area (Å²) in [4.78, 5) is 20.7. The number of benzene rings is 1. The molecule has 0 atom stereocenters. The molecule has 2 aromatic heterocycles. The van der Waals surface area contributed by atoms with Gasteiger partial charge in [-0.2, -0.15) is 0 Å². The Hall–Kier alpha value is -3.21. The average molecular weight is 332 g/mol. The molecule has 0 bridgehead atoms. The van der Waals surface area contributed by atoms with Crippen molar-refractivity contribution in [3.05, 3.63) is 83.9 Å². The molecular formula is C20H20N4O. The lowest BCUT2D eigenvalue weighted by molar-refractivity contribution is 0.0950. The molecule has 5 heteroatoms. The Morgan fingerprint density at radius 1 is 1.08 bits per heavy atom. The standard InChI is InChI=1S/C20H20N4O/c1-2-15-7-3-4-9-19(15)24-18-11-16(12-21-13-18)20(25)23-14-17-8-5-6-10-22-17/h3-13,24H,2,14H2,1H3,(H,23,25). The van der Waals surface area contributed by atoms with Gasteiger partial charge >= 0.3 is 0 Å². The fourth-order valence-electron chi connectivity index (χ4n) is 2.51. The van der Waals surface area contributed by atoms with E-state index in [1.807, 2.05) is 36.4 Å². The minimum Gasteiger partial charge on any atom is -0.354 e. The molecular weight excluding hydrogens is 312 g/mol. The van der Waals surface area contributed by atoms with E-state index in [0.717, 1.165) is 23.5 Å². The van der Waals surface area contributed by atoms with Crippen LogP contribution in [0.15, 0.2) is 67.1 Å². The summed E-state index contributed by atoms with van der Waals surface area (Å²) >= 11 is 0. The Morgan fingerprint density at radius 3 is 2.72 bits per heavy atom. The second kappa shape index (κ2) is 8.06. The number of hydrogen-bond acceptors (Lipinski definition) is 4. The van der Waals surface area contributed by atoms with E-state index in [0.29, 0.717) is 12.1 Å². The van der Waals surface area contributed by atoms with Crippen LogP contribution in [-0.2, 0) is 13.0 Å². The first-order chi connectivity index (χ1) is 12.3. The summed E-state index contributed by atoms with van der Waals surface area (Å²) in [7, 11) is 0. The van der Waals surface area contributed by atoms with Crippen molar-refractivity contribution in [2.45, 2.75) is 19.9 Å². The second-order valence-electron chi connectivity index (χ2n) is 5.60. The third-order valence-electron chi connectivity index (χ3n) is 3.83. The molecule has 1 aromatic carbocycles. The summed E-state index contributed by atoms with van der Waals surface area (Å²) in [6.45, 7) is 2.50. The van der Waals surface area contributed by atoms with Crippen LogP contribution in [0.4, 0.5) is 11.4 Å². The van der Waals surface area contributed by atoms with Gasteiger partial charge in [0.2, 0.25) is 0 Å². The van der Waals surface area contributed by atoms with Gasteiger partial charge in [0.15, 0.2) is 0 Å². The maximum absolute atomic E-state index is 12.3. The number of rotatable bonds is 6. The van der Waals surface area contributed by atoms with E-state index in [-0.39, 0.29) is 5.91 Å². The summed E-state index contributed by atoms with van der Waals surface area (Å²) in [6, 6.07) is 15.5. The quantitative estimate of drug-likeness (QED) is 0.722. The van der Waals surface area contributed by atoms with Crippen molar-refractivity contribution in [2.24, 2.45) is 0 Å². The van der Waals surface area contributed by atoms with Gasteiger partial charge in [0, 0.05) is 18.1 Å². The van der Waals surface area contributed by atoms with Crippen LogP contribution in [0.3, 0.4) is 0 Å². The van der Waals surface area contributed by atoms with Gasteiger partial charge in [-0.1, -0.05) is 31.2 Å². The van der Waals surface area contributed by atoms with Crippen molar-refractivity contribution in [3.63, 3.8) is 0 Å². The van der Waals surface area contributed by atoms with Gasteiger partial charge in [-0.3, -0.25) is 14.8 Å². The van der Waals surface area contributed by atoms with E-state index >= 15 is 0 Å². The first-order valence-corrected chi connectivity index (χ1v) is 8.24. The molecule has 5 nitrogen and oxygen atoms in total. The summed E-state index contributed by atoms with van der Waals surface area (Å²) in [6.07, 6.45) is 5.91. The molecule has 1 amide bonds. The fourth-order valence-corrected chi connectivity index (χ4v) is 2.51. The highest BCUT2D eigenvalue weighted by Gasteiger charge is 2.08. The van der Waals surface area contributed by atoms with Gasteiger partial charge in [0.1, 0.15) is 0 Å². The zero-order chi connectivity index (χ0) is 17.5. The number of pyridine rings is 2. The Balaban J connectivity index is 1.69. The molecule has 0 saturated heterocycles. The highest BCUT2D eigenvalue weighted by Crippen LogP contribution is 2.21. The van der Waals surface area contributed by atoms with Crippen molar-refractivity contribution in [1.29, 1.82) is 0 Å². The van der Waals surface area contributed by atoms with Crippen LogP contribution >= 0.6 is 0 Å². The molecule has 0 saturated carbocycles. The van der Waals surface area contributed by atoms with E-state index in [4.69, 9.17) is 0 Å². The third kappa shape index (κ3) is 4.41. The third-order valence-corrected chi connectivity index (χ3v) is 3.83. The van der Waals surface area contributed by atoms with E-state index < -0.39 is 0 Å². The largest absolute Gasteiger partial charge is 0.354 e. The predicted octanol–water partition coefficient (Wildman–Crippen LogP) is 3.71. The Bertz CT molecular complexity index is 849. The van der Waals surface area contributed by atoms with E-state index in [2.05, 4.69) is 33.6 Å². The molecule has 126 valence electrons. The molecule has 0 aliphatic carbocycles. The molecule has 0 spiro atoms. The number of anilines is 2. The minimum atomic E-state index is -0.175. The molecule has 3 rings (SSSR count). The number of aryl methyl sites for hydroxylation is 1. The topological polar surface area (TPSA) is 66.9 Å². The van der Waals surface area contributed by atoms with Gasteiger partial charge in [0.25, 0.3) is 5.91 Å². The minimum absolute atomic E-state index is 0.175. The van der Waals surface area contributed by atoms with Gasteiger partial charge in [-0.05, 0) is 36.2 Å². The molecule has 0 fully saturated rings. The van der Waals surface area contributed by atoms with Crippen molar-refractivity contribution in [3.8, 4) is 0 Å².